The molecule has 2 rings (SSSR count). The van der Waals surface area contributed by atoms with Crippen LogP contribution < -0.4 is 5.32 Å². The Morgan fingerprint density at radius 1 is 1.50 bits per heavy atom. The van der Waals surface area contributed by atoms with Gasteiger partial charge in [0.25, 0.3) is 0 Å². The molecule has 0 saturated carbocycles. The van der Waals surface area contributed by atoms with Gasteiger partial charge in [-0.25, -0.2) is 4.98 Å². The Labute approximate surface area is 111 Å². The van der Waals surface area contributed by atoms with Gasteiger partial charge >= 0.3 is 0 Å². The van der Waals surface area contributed by atoms with E-state index in [1.54, 1.807) is 0 Å². The molecule has 0 saturated heterocycles. The smallest absolute Gasteiger partial charge is 0.233 e. The average molecular weight is 263 g/mol. The number of thioether (sulfide) groups is 1. The number of carbonyl (C=O) groups is 1. The molecular weight excluding hydrogens is 246 g/mol. The Kier molecular flexibility index (Phi) is 3.91. The van der Waals surface area contributed by atoms with Gasteiger partial charge in [0.15, 0.2) is 0 Å². The predicted octanol–water partition coefficient (Wildman–Crippen LogP) is 2.01. The van der Waals surface area contributed by atoms with Gasteiger partial charge in [0.05, 0.1) is 17.5 Å². The molecule has 2 heterocycles. The van der Waals surface area contributed by atoms with Crippen LogP contribution >= 0.6 is 11.8 Å². The molecule has 5 heteroatoms. The van der Waals surface area contributed by atoms with Crippen LogP contribution in [-0.4, -0.2) is 26.8 Å². The summed E-state index contributed by atoms with van der Waals surface area (Å²) in [5.41, 5.74) is 2.97. The summed E-state index contributed by atoms with van der Waals surface area (Å²) in [4.78, 5) is 16.1. The molecule has 1 N–H and O–H groups in total. The number of carbonyl (C=O) groups excluding carboxylic acids is 1. The molecule has 0 aromatic carbocycles. The van der Waals surface area contributed by atoms with Crippen LogP contribution in [-0.2, 0) is 11.3 Å². The van der Waals surface area contributed by atoms with Crippen LogP contribution in [0.25, 0.3) is 5.65 Å². The van der Waals surface area contributed by atoms with Gasteiger partial charge in [-0.1, -0.05) is 6.07 Å². The first-order chi connectivity index (χ1) is 8.60. The second-order valence-corrected chi connectivity index (χ2v) is 5.48. The maximum Gasteiger partial charge on any atom is 0.233 e. The minimum absolute atomic E-state index is 0.0238. The second-order valence-electron chi connectivity index (χ2n) is 4.30. The normalized spacial score (nSPS) is 12.6. The minimum atomic E-state index is -0.0238. The van der Waals surface area contributed by atoms with E-state index in [1.807, 2.05) is 49.0 Å². The summed E-state index contributed by atoms with van der Waals surface area (Å²) < 4.78 is 1.98. The molecule has 2 aromatic rings. The number of nitrogens with one attached hydrogen (secondary N) is 1. The Morgan fingerprint density at radius 2 is 2.28 bits per heavy atom. The number of fused-ring (bicyclic) bond motifs is 1. The molecule has 1 atom stereocenters. The van der Waals surface area contributed by atoms with Crippen molar-refractivity contribution in [2.45, 2.75) is 25.6 Å². The number of hydrogen-bond donors (Lipinski definition) is 1. The van der Waals surface area contributed by atoms with E-state index in [9.17, 15) is 4.79 Å². The van der Waals surface area contributed by atoms with Gasteiger partial charge < -0.3 is 9.72 Å². The lowest BCUT2D eigenvalue weighted by Crippen LogP contribution is -2.30. The summed E-state index contributed by atoms with van der Waals surface area (Å²) in [6, 6.07) is 4.01. The van der Waals surface area contributed by atoms with E-state index in [0.29, 0.717) is 6.54 Å². The lowest BCUT2D eigenvalue weighted by atomic mass is 10.3. The van der Waals surface area contributed by atoms with E-state index in [0.717, 1.165) is 11.3 Å². The molecule has 0 fully saturated rings. The summed E-state index contributed by atoms with van der Waals surface area (Å²) in [5, 5.41) is 2.87. The minimum Gasteiger partial charge on any atom is -0.349 e. The molecule has 0 bridgehead atoms. The van der Waals surface area contributed by atoms with E-state index in [-0.39, 0.29) is 11.2 Å². The van der Waals surface area contributed by atoms with E-state index in [2.05, 4.69) is 10.3 Å². The Bertz CT molecular complexity index is 564. The van der Waals surface area contributed by atoms with Crippen molar-refractivity contribution in [1.29, 1.82) is 0 Å². The Balaban J connectivity index is 2.06. The standard InChI is InChI=1S/C13H17N3OS/c1-9-4-5-12-15-11(8-16(12)7-9)6-14-13(17)10(2)18-3/h4-5,7-8,10H,6H2,1-3H3,(H,14,17). The van der Waals surface area contributed by atoms with Gasteiger partial charge in [-0.05, 0) is 31.7 Å². The molecule has 96 valence electrons. The summed E-state index contributed by atoms with van der Waals surface area (Å²) in [6.45, 7) is 4.42. The van der Waals surface area contributed by atoms with Crippen molar-refractivity contribution in [2.75, 3.05) is 6.26 Å². The summed E-state index contributed by atoms with van der Waals surface area (Å²) >= 11 is 1.54. The van der Waals surface area contributed by atoms with Gasteiger partial charge in [0.1, 0.15) is 5.65 Å². The highest BCUT2D eigenvalue weighted by Gasteiger charge is 2.11. The van der Waals surface area contributed by atoms with E-state index in [1.165, 1.54) is 17.3 Å². The number of nitrogens with zero attached hydrogens (tertiary/aromatic N) is 2. The quantitative estimate of drug-likeness (QED) is 0.918. The summed E-state index contributed by atoms with van der Waals surface area (Å²) in [6.07, 6.45) is 5.91. The largest absolute Gasteiger partial charge is 0.349 e. The third-order valence-electron chi connectivity index (χ3n) is 2.82. The fraction of sp³-hybridized carbons (Fsp3) is 0.385. The van der Waals surface area contributed by atoms with E-state index in [4.69, 9.17) is 0 Å². The van der Waals surface area contributed by atoms with E-state index < -0.39 is 0 Å². The molecule has 4 nitrogen and oxygen atoms in total. The monoisotopic (exact) mass is 263 g/mol. The van der Waals surface area contributed by atoms with Gasteiger partial charge in [-0.2, -0.15) is 11.8 Å². The van der Waals surface area contributed by atoms with E-state index >= 15 is 0 Å². The number of amides is 1. The highest BCUT2D eigenvalue weighted by atomic mass is 32.2. The van der Waals surface area contributed by atoms with Crippen LogP contribution in [0, 0.1) is 6.92 Å². The lowest BCUT2D eigenvalue weighted by molar-refractivity contribution is -0.120. The lowest BCUT2D eigenvalue weighted by Gasteiger charge is -2.07. The predicted molar refractivity (Wildman–Crippen MR) is 74.8 cm³/mol. The molecule has 1 unspecified atom stereocenters. The molecule has 0 radical (unpaired) electrons. The van der Waals surface area contributed by atoms with Gasteiger partial charge in [0.2, 0.25) is 5.91 Å². The fourth-order valence-corrected chi connectivity index (χ4v) is 1.97. The highest BCUT2D eigenvalue weighted by molar-refractivity contribution is 7.99. The molecule has 0 aliphatic carbocycles. The summed E-state index contributed by atoms with van der Waals surface area (Å²) in [5.74, 6) is 0.0516. The van der Waals surface area contributed by atoms with Crippen molar-refractivity contribution in [3.05, 3.63) is 35.8 Å². The molecular formula is C13H17N3OS. The number of pyridine rings is 1. The van der Waals surface area contributed by atoms with Crippen LogP contribution in [0.4, 0.5) is 0 Å². The third-order valence-corrected chi connectivity index (χ3v) is 3.74. The molecule has 0 aliphatic heterocycles. The maximum atomic E-state index is 11.7. The summed E-state index contributed by atoms with van der Waals surface area (Å²) in [7, 11) is 0. The number of hydrogen-bond acceptors (Lipinski definition) is 3. The maximum absolute atomic E-state index is 11.7. The van der Waals surface area contributed by atoms with Gasteiger partial charge in [-0.3, -0.25) is 4.79 Å². The number of aromatic nitrogens is 2. The van der Waals surface area contributed by atoms with Crippen LogP contribution in [0.1, 0.15) is 18.2 Å². The molecule has 0 spiro atoms. The zero-order chi connectivity index (χ0) is 13.1. The SMILES string of the molecule is CSC(C)C(=O)NCc1cn2cc(C)ccc2n1. The van der Waals surface area contributed by atoms with Crippen molar-refractivity contribution in [1.82, 2.24) is 14.7 Å². The Morgan fingerprint density at radius 3 is 3.00 bits per heavy atom. The topological polar surface area (TPSA) is 46.4 Å². The first kappa shape index (κ1) is 13.0. The molecule has 2 aromatic heterocycles. The van der Waals surface area contributed by atoms with Crippen molar-refractivity contribution in [3.63, 3.8) is 0 Å². The fourth-order valence-electron chi connectivity index (χ4n) is 1.67. The van der Waals surface area contributed by atoms with Crippen LogP contribution in [0.3, 0.4) is 0 Å². The van der Waals surface area contributed by atoms with Crippen LogP contribution in [0.2, 0.25) is 0 Å². The van der Waals surface area contributed by atoms with Crippen molar-refractivity contribution in [2.24, 2.45) is 0 Å². The second kappa shape index (κ2) is 5.44. The third kappa shape index (κ3) is 2.85. The average Bonchev–Trinajstić information content (AvgIpc) is 2.76. The number of rotatable bonds is 4. The number of imidazole rings is 1. The molecule has 0 aliphatic rings. The van der Waals surface area contributed by atoms with Gasteiger partial charge in [-0.15, -0.1) is 0 Å². The van der Waals surface area contributed by atoms with Crippen molar-refractivity contribution >= 4 is 23.3 Å². The van der Waals surface area contributed by atoms with Crippen molar-refractivity contribution < 1.29 is 4.79 Å². The highest BCUT2D eigenvalue weighted by Crippen LogP contribution is 2.08. The first-order valence-electron chi connectivity index (χ1n) is 5.85. The van der Waals surface area contributed by atoms with Crippen molar-refractivity contribution in [3.8, 4) is 0 Å². The zero-order valence-corrected chi connectivity index (χ0v) is 11.6. The Hall–Kier alpha value is -1.49. The first-order valence-corrected chi connectivity index (χ1v) is 7.13. The van der Waals surface area contributed by atoms with Crippen LogP contribution in [0.15, 0.2) is 24.5 Å². The van der Waals surface area contributed by atoms with Gasteiger partial charge in [0, 0.05) is 12.4 Å². The zero-order valence-electron chi connectivity index (χ0n) is 10.8. The molecule has 18 heavy (non-hydrogen) atoms. The van der Waals surface area contributed by atoms with Crippen LogP contribution in [0.5, 0.6) is 0 Å². The molecule has 1 amide bonds. The number of aryl methyl sites for hydroxylation is 1.